The number of hydrogen-bond donors (Lipinski definition) is 5. The summed E-state index contributed by atoms with van der Waals surface area (Å²) in [5.74, 6) is -2.71. The van der Waals surface area contributed by atoms with E-state index in [0.717, 1.165) is 12.8 Å². The molecule has 0 aromatic heterocycles. The molecule has 10 heteroatoms. The Balaban J connectivity index is -0.00000338. The molecule has 0 aromatic carbocycles. The second-order valence-corrected chi connectivity index (χ2v) is 8.25. The van der Waals surface area contributed by atoms with Gasteiger partial charge in [0.05, 0.1) is 6.61 Å². The molecule has 8 nitrogen and oxygen atoms in total. The van der Waals surface area contributed by atoms with Crippen LogP contribution in [-0.2, 0) is 13.8 Å². The summed E-state index contributed by atoms with van der Waals surface area (Å²) in [7, 11) is -4.89. The summed E-state index contributed by atoms with van der Waals surface area (Å²) in [5.41, 5.74) is 0. The van der Waals surface area contributed by atoms with E-state index in [1.165, 1.54) is 51.4 Å². The molecule has 1 unspecified atom stereocenters. The Hall–Kier alpha value is 0.950. The average Bonchev–Trinajstić information content (AvgIpc) is 2.60. The third-order valence-corrected chi connectivity index (χ3v) is 4.94. The molecule has 0 spiro atoms. The maximum absolute atomic E-state index is 10.9. The molecule has 0 heterocycles. The first-order valence-electron chi connectivity index (χ1n) is 10.1. The van der Waals surface area contributed by atoms with Crippen LogP contribution in [0.4, 0.5) is 0 Å². The van der Waals surface area contributed by atoms with Crippen LogP contribution in [0.25, 0.3) is 0 Å². The molecule has 0 aromatic rings. The van der Waals surface area contributed by atoms with Gasteiger partial charge in [-0.3, -0.25) is 4.52 Å². The van der Waals surface area contributed by atoms with E-state index in [1.807, 2.05) is 0 Å². The summed E-state index contributed by atoms with van der Waals surface area (Å²) >= 11 is 0. The van der Waals surface area contributed by atoms with Gasteiger partial charge < -0.3 is 31.3 Å². The van der Waals surface area contributed by atoms with E-state index < -0.39 is 26.3 Å². The minimum atomic E-state index is -4.89. The minimum absolute atomic E-state index is 0. The summed E-state index contributed by atoms with van der Waals surface area (Å²) in [5, 5.41) is 28.0. The SMILES string of the molecule is CCCCCCCCCCCCOCCCC(OP(=O)(O)O)C(O)(O)CO.[H-].[Na+]. The Bertz CT molecular complexity index is 398. The summed E-state index contributed by atoms with van der Waals surface area (Å²) in [4.78, 5) is 17.6. The molecule has 5 N–H and O–H groups in total. The molecule has 166 valence electrons. The van der Waals surface area contributed by atoms with E-state index in [4.69, 9.17) is 19.6 Å². The van der Waals surface area contributed by atoms with E-state index in [0.29, 0.717) is 19.6 Å². The van der Waals surface area contributed by atoms with Gasteiger partial charge in [-0.15, -0.1) is 0 Å². The summed E-state index contributed by atoms with van der Waals surface area (Å²) in [6, 6.07) is 0. The zero-order chi connectivity index (χ0) is 20.6. The van der Waals surface area contributed by atoms with Crippen LogP contribution >= 0.6 is 7.82 Å². The monoisotopic (exact) mass is 438 g/mol. The van der Waals surface area contributed by atoms with Crippen LogP contribution in [0.1, 0.15) is 85.4 Å². The summed E-state index contributed by atoms with van der Waals surface area (Å²) < 4.78 is 20.7. The summed E-state index contributed by atoms with van der Waals surface area (Å²) in [6.07, 6.45) is 11.1. The standard InChI is InChI=1S/C18H39O8P.Na.H/c1-2-3-4-5-6-7-8-9-10-11-14-25-15-12-13-17(18(20,21)16-19)26-27(22,23)24;;/h17,19-21H,2-16H2,1H3,(H2,22,23,24);;/q;+1;-1. The number of phosphoric ester groups is 1. The Labute approximate surface area is 193 Å². The van der Waals surface area contributed by atoms with Crippen LogP contribution in [0, 0.1) is 0 Å². The van der Waals surface area contributed by atoms with Gasteiger partial charge in [-0.1, -0.05) is 64.7 Å². The number of phosphoric acid groups is 1. The topological polar surface area (TPSA) is 137 Å². The largest absolute Gasteiger partial charge is 1.00 e. The van der Waals surface area contributed by atoms with Gasteiger partial charge in [0.1, 0.15) is 6.10 Å². The minimum Gasteiger partial charge on any atom is -1.00 e. The van der Waals surface area contributed by atoms with Gasteiger partial charge in [0.25, 0.3) is 0 Å². The first kappa shape index (κ1) is 31.1. The van der Waals surface area contributed by atoms with Crippen LogP contribution in [0.15, 0.2) is 0 Å². The molecular weight excluding hydrogens is 398 g/mol. The predicted molar refractivity (Wildman–Crippen MR) is 104 cm³/mol. The van der Waals surface area contributed by atoms with Crippen LogP contribution in [0.5, 0.6) is 0 Å². The molecule has 0 aliphatic rings. The normalized spacial score (nSPS) is 13.4. The van der Waals surface area contributed by atoms with E-state index in [9.17, 15) is 14.8 Å². The van der Waals surface area contributed by atoms with Crippen molar-refractivity contribution < 1.29 is 69.9 Å². The van der Waals surface area contributed by atoms with E-state index >= 15 is 0 Å². The quantitative estimate of drug-likeness (QED) is 0.0821. The van der Waals surface area contributed by atoms with Crippen molar-refractivity contribution in [1.29, 1.82) is 0 Å². The molecule has 1 atom stereocenters. The van der Waals surface area contributed by atoms with Crippen molar-refractivity contribution in [3.8, 4) is 0 Å². The fraction of sp³-hybridized carbons (Fsp3) is 1.00. The van der Waals surface area contributed by atoms with Crippen molar-refractivity contribution in [2.45, 2.75) is 95.9 Å². The van der Waals surface area contributed by atoms with E-state index in [2.05, 4.69) is 11.4 Å². The molecule has 0 radical (unpaired) electrons. The average molecular weight is 438 g/mol. The third kappa shape index (κ3) is 18.9. The van der Waals surface area contributed by atoms with Gasteiger partial charge in [0.15, 0.2) is 0 Å². The smallest absolute Gasteiger partial charge is 1.00 e. The first-order valence-corrected chi connectivity index (χ1v) is 11.6. The van der Waals surface area contributed by atoms with Gasteiger partial charge >= 0.3 is 37.4 Å². The molecule has 0 bridgehead atoms. The molecule has 0 saturated carbocycles. The Morgan fingerprint density at radius 3 is 1.82 bits per heavy atom. The number of unbranched alkanes of at least 4 members (excludes halogenated alkanes) is 9. The second kappa shape index (κ2) is 18.7. The van der Waals surface area contributed by atoms with Crippen LogP contribution in [0.3, 0.4) is 0 Å². The molecule has 0 rings (SSSR count). The zero-order valence-electron chi connectivity index (χ0n) is 18.6. The van der Waals surface area contributed by atoms with Crippen molar-refractivity contribution in [2.75, 3.05) is 19.8 Å². The van der Waals surface area contributed by atoms with Gasteiger partial charge in [0.2, 0.25) is 5.79 Å². The van der Waals surface area contributed by atoms with Gasteiger partial charge in [0, 0.05) is 13.2 Å². The van der Waals surface area contributed by atoms with Crippen LogP contribution in [-0.4, -0.2) is 56.8 Å². The third-order valence-electron chi connectivity index (χ3n) is 4.41. The molecule has 0 aliphatic heterocycles. The summed E-state index contributed by atoms with van der Waals surface area (Å²) in [6.45, 7) is 2.05. The number of ether oxygens (including phenoxy) is 1. The van der Waals surface area contributed by atoms with Crippen molar-refractivity contribution >= 4 is 7.82 Å². The van der Waals surface area contributed by atoms with Gasteiger partial charge in [-0.05, 0) is 19.3 Å². The number of rotatable bonds is 19. The molecule has 0 aliphatic carbocycles. The van der Waals surface area contributed by atoms with Crippen LogP contribution < -0.4 is 29.6 Å². The first-order chi connectivity index (χ1) is 12.7. The zero-order valence-corrected chi connectivity index (χ0v) is 20.5. The maximum atomic E-state index is 10.9. The van der Waals surface area contributed by atoms with Gasteiger partial charge in [-0.25, -0.2) is 4.57 Å². The molecule has 0 saturated heterocycles. The fourth-order valence-electron chi connectivity index (χ4n) is 2.80. The molecule has 0 amide bonds. The van der Waals surface area contributed by atoms with Crippen molar-refractivity contribution in [1.82, 2.24) is 0 Å². The van der Waals surface area contributed by atoms with E-state index in [1.54, 1.807) is 0 Å². The Morgan fingerprint density at radius 1 is 0.893 bits per heavy atom. The number of hydrogen-bond acceptors (Lipinski definition) is 6. The maximum Gasteiger partial charge on any atom is 1.00 e. The molecule has 0 fully saturated rings. The van der Waals surface area contributed by atoms with Crippen molar-refractivity contribution in [3.05, 3.63) is 0 Å². The number of aliphatic hydroxyl groups excluding tert-OH is 1. The predicted octanol–water partition coefficient (Wildman–Crippen LogP) is -0.0283. The fourth-order valence-corrected chi connectivity index (χ4v) is 3.41. The van der Waals surface area contributed by atoms with Crippen molar-refractivity contribution in [2.24, 2.45) is 0 Å². The van der Waals surface area contributed by atoms with Gasteiger partial charge in [-0.2, -0.15) is 0 Å². The Kier molecular flexibility index (Phi) is 20.8. The Morgan fingerprint density at radius 2 is 1.36 bits per heavy atom. The number of aliphatic hydroxyl groups is 3. The molecule has 28 heavy (non-hydrogen) atoms. The van der Waals surface area contributed by atoms with Crippen molar-refractivity contribution in [3.63, 3.8) is 0 Å². The second-order valence-electron chi connectivity index (χ2n) is 7.06. The van der Waals surface area contributed by atoms with E-state index in [-0.39, 0.29) is 37.4 Å². The molecular formula is C18H40NaO8P. The van der Waals surface area contributed by atoms with Crippen LogP contribution in [0.2, 0.25) is 0 Å².